The highest BCUT2D eigenvalue weighted by atomic mass is 16.5. The maximum absolute atomic E-state index is 9.68. The monoisotopic (exact) mass is 585 g/mol. The predicted molar refractivity (Wildman–Crippen MR) is 181 cm³/mol. The van der Waals surface area contributed by atoms with E-state index in [-0.39, 0.29) is 5.70 Å². The second-order valence-electron chi connectivity index (χ2n) is 12.4. The zero-order valence-electron chi connectivity index (χ0n) is 25.6. The molecular formula is C41H35N3O. The van der Waals surface area contributed by atoms with Crippen molar-refractivity contribution in [2.75, 3.05) is 4.90 Å². The number of ether oxygens (including phenoxy) is 1. The van der Waals surface area contributed by atoms with Gasteiger partial charge in [0.2, 0.25) is 0 Å². The van der Waals surface area contributed by atoms with Crippen molar-refractivity contribution in [3.8, 4) is 6.07 Å². The summed E-state index contributed by atoms with van der Waals surface area (Å²) in [4.78, 5) is 5.92. The highest BCUT2D eigenvalue weighted by Gasteiger charge is 2.42. The Kier molecular flexibility index (Phi) is 7.58. The number of nitrogens with zero attached hydrogens (tertiary/aromatic N) is 3. The van der Waals surface area contributed by atoms with Gasteiger partial charge in [-0.15, -0.1) is 0 Å². The Balaban J connectivity index is 1.20. The molecule has 1 aliphatic heterocycles. The molecule has 0 unspecified atom stereocenters. The van der Waals surface area contributed by atoms with Crippen LogP contribution in [0, 0.1) is 24.8 Å². The Hall–Kier alpha value is -5.32. The molecule has 7 rings (SSSR count). The lowest BCUT2D eigenvalue weighted by molar-refractivity contribution is 0.0108. The Morgan fingerprint density at radius 2 is 1.49 bits per heavy atom. The molecule has 45 heavy (non-hydrogen) atoms. The molecule has 0 radical (unpaired) electrons. The molecule has 4 aromatic carbocycles. The van der Waals surface area contributed by atoms with Gasteiger partial charge >= 0.3 is 0 Å². The third-order valence-corrected chi connectivity index (χ3v) is 9.32. The van der Waals surface area contributed by atoms with Gasteiger partial charge in [0.05, 0.1) is 12.6 Å². The van der Waals surface area contributed by atoms with Gasteiger partial charge in [-0.1, -0.05) is 72.3 Å². The molecule has 0 bridgehead atoms. The summed E-state index contributed by atoms with van der Waals surface area (Å²) in [5.41, 5.74) is 11.7. The quantitative estimate of drug-likeness (QED) is 0.173. The molecule has 0 aromatic heterocycles. The van der Waals surface area contributed by atoms with E-state index in [2.05, 4.69) is 120 Å². The topological polar surface area (TPSA) is 40.6 Å². The van der Waals surface area contributed by atoms with Gasteiger partial charge in [0, 0.05) is 36.3 Å². The molecule has 0 saturated heterocycles. The van der Waals surface area contributed by atoms with Crippen molar-refractivity contribution in [3.05, 3.63) is 165 Å². The molecule has 1 spiro atoms. The fourth-order valence-electron chi connectivity index (χ4n) is 7.15. The van der Waals surface area contributed by atoms with Crippen LogP contribution in [-0.2, 0) is 30.4 Å². The predicted octanol–water partition coefficient (Wildman–Crippen LogP) is 9.90. The minimum absolute atomic E-state index is 0.142. The minimum atomic E-state index is -0.479. The smallest absolute Gasteiger partial charge is 0.265 e. The van der Waals surface area contributed by atoms with Crippen LogP contribution in [-0.4, -0.2) is 5.60 Å². The van der Waals surface area contributed by atoms with E-state index in [1.165, 1.54) is 46.3 Å². The van der Waals surface area contributed by atoms with Crippen molar-refractivity contribution in [1.82, 2.24) is 0 Å². The van der Waals surface area contributed by atoms with E-state index in [1.54, 1.807) is 0 Å². The van der Waals surface area contributed by atoms with Crippen LogP contribution in [0.15, 0.2) is 120 Å². The number of fused-ring (bicyclic) bond motifs is 2. The maximum atomic E-state index is 9.68. The van der Waals surface area contributed by atoms with Gasteiger partial charge < -0.3 is 9.64 Å². The van der Waals surface area contributed by atoms with E-state index in [0.29, 0.717) is 12.2 Å². The van der Waals surface area contributed by atoms with E-state index in [1.807, 2.05) is 12.2 Å². The Morgan fingerprint density at radius 3 is 2.18 bits per heavy atom. The number of hydrogen-bond acceptors (Lipinski definition) is 3. The van der Waals surface area contributed by atoms with Gasteiger partial charge in [-0.2, -0.15) is 0 Å². The first-order valence-corrected chi connectivity index (χ1v) is 15.8. The van der Waals surface area contributed by atoms with Crippen molar-refractivity contribution >= 4 is 23.1 Å². The van der Waals surface area contributed by atoms with E-state index >= 15 is 0 Å². The molecule has 220 valence electrons. The standard InChI is InChI=1S/C41H35N3O/c1-29-14-19-35(20-15-29)44(40-13-7-11-31-8-5-6-12-38(31)40)36-21-16-30(17-22-36)18-23-37-24-34(39(28-42)43-2)27-41(45-37)25-32-9-3-4-10-33(32)26-41/h3-4,7,9-11,13-24H,5-6,8,12,25-27H2,1H3/b23-18+,39-34+. The van der Waals surface area contributed by atoms with Crippen molar-refractivity contribution in [3.63, 3.8) is 0 Å². The fraction of sp³-hybridized carbons (Fsp3) is 0.220. The second kappa shape index (κ2) is 12.0. The van der Waals surface area contributed by atoms with Gasteiger partial charge in [0.1, 0.15) is 11.4 Å². The summed E-state index contributed by atoms with van der Waals surface area (Å²) in [6.45, 7) is 9.71. The molecule has 0 N–H and O–H groups in total. The average molecular weight is 586 g/mol. The molecule has 4 heteroatoms. The number of aryl methyl sites for hydroxylation is 2. The summed E-state index contributed by atoms with van der Waals surface area (Å²) in [5, 5.41) is 9.68. The van der Waals surface area contributed by atoms with Crippen LogP contribution >= 0.6 is 0 Å². The van der Waals surface area contributed by atoms with E-state index in [9.17, 15) is 5.26 Å². The Bertz CT molecular complexity index is 1890. The molecule has 1 heterocycles. The van der Waals surface area contributed by atoms with Crippen molar-refractivity contribution < 1.29 is 4.74 Å². The molecule has 0 atom stereocenters. The van der Waals surface area contributed by atoms with Crippen molar-refractivity contribution in [2.24, 2.45) is 0 Å². The van der Waals surface area contributed by atoms with Gasteiger partial charge in [-0.25, -0.2) is 10.1 Å². The highest BCUT2D eigenvalue weighted by molar-refractivity contribution is 5.80. The fourth-order valence-corrected chi connectivity index (χ4v) is 7.15. The van der Waals surface area contributed by atoms with E-state index < -0.39 is 5.60 Å². The van der Waals surface area contributed by atoms with Crippen LogP contribution < -0.4 is 4.90 Å². The summed E-state index contributed by atoms with van der Waals surface area (Å²) in [5.74, 6) is 0.682. The maximum Gasteiger partial charge on any atom is 0.265 e. The van der Waals surface area contributed by atoms with Gasteiger partial charge in [-0.3, -0.25) is 0 Å². The normalized spacial score (nSPS) is 17.4. The zero-order valence-corrected chi connectivity index (χ0v) is 25.6. The number of rotatable bonds is 5. The first-order valence-electron chi connectivity index (χ1n) is 15.8. The van der Waals surface area contributed by atoms with Gasteiger partial charge in [-0.05, 0) is 108 Å². The van der Waals surface area contributed by atoms with Crippen molar-refractivity contribution in [2.45, 2.75) is 57.5 Å². The van der Waals surface area contributed by atoms with Crippen LogP contribution in [0.1, 0.15) is 52.6 Å². The lowest BCUT2D eigenvalue weighted by atomic mass is 9.87. The van der Waals surface area contributed by atoms with Crippen LogP contribution in [0.2, 0.25) is 0 Å². The Labute approximate surface area is 266 Å². The first kappa shape index (κ1) is 28.5. The van der Waals surface area contributed by atoms with Crippen LogP contribution in [0.3, 0.4) is 0 Å². The van der Waals surface area contributed by atoms with Gasteiger partial charge in [0.25, 0.3) is 5.70 Å². The number of anilines is 3. The number of nitriles is 1. The van der Waals surface area contributed by atoms with Gasteiger partial charge in [0.15, 0.2) is 0 Å². The summed E-state index contributed by atoms with van der Waals surface area (Å²) >= 11 is 0. The van der Waals surface area contributed by atoms with E-state index in [4.69, 9.17) is 11.3 Å². The lowest BCUT2D eigenvalue weighted by Gasteiger charge is -2.35. The number of benzene rings is 4. The van der Waals surface area contributed by atoms with Crippen LogP contribution in [0.4, 0.5) is 17.1 Å². The molecule has 3 aliphatic rings. The van der Waals surface area contributed by atoms with Crippen LogP contribution in [0.5, 0.6) is 0 Å². The first-order chi connectivity index (χ1) is 22.0. The third kappa shape index (κ3) is 5.68. The Morgan fingerprint density at radius 1 is 0.822 bits per heavy atom. The van der Waals surface area contributed by atoms with Crippen molar-refractivity contribution in [1.29, 1.82) is 5.26 Å². The average Bonchev–Trinajstić information content (AvgIpc) is 3.42. The minimum Gasteiger partial charge on any atom is -0.486 e. The zero-order chi connectivity index (χ0) is 30.8. The molecular weight excluding hydrogens is 550 g/mol. The lowest BCUT2D eigenvalue weighted by Crippen LogP contribution is -2.36. The summed E-state index contributed by atoms with van der Waals surface area (Å²) in [7, 11) is 0. The molecule has 0 saturated carbocycles. The summed E-state index contributed by atoms with van der Waals surface area (Å²) < 4.78 is 6.67. The summed E-state index contributed by atoms with van der Waals surface area (Å²) in [6.07, 6.45) is 12.7. The molecule has 0 amide bonds. The van der Waals surface area contributed by atoms with Crippen LogP contribution in [0.25, 0.3) is 10.9 Å². The highest BCUT2D eigenvalue weighted by Crippen LogP contribution is 2.44. The summed E-state index contributed by atoms with van der Waals surface area (Å²) in [6, 6.07) is 34.7. The molecule has 4 nitrogen and oxygen atoms in total. The SMILES string of the molecule is [C-]#[N+]/C(C#N)=C1C=C(/C=C/c2ccc(N(c3ccc(C)cc3)c3cccc4c3CCCC4)cc2)OC2(C\1)Cc1ccccc1C2. The number of hydrogen-bond donors (Lipinski definition) is 0. The van der Waals surface area contributed by atoms with E-state index in [0.717, 1.165) is 48.2 Å². The molecule has 4 aromatic rings. The second-order valence-corrected chi connectivity index (χ2v) is 12.4. The largest absolute Gasteiger partial charge is 0.486 e. The molecule has 2 aliphatic carbocycles. The number of allylic oxidation sites excluding steroid dienone is 3. The molecule has 0 fully saturated rings. The third-order valence-electron chi connectivity index (χ3n) is 9.32.